The summed E-state index contributed by atoms with van der Waals surface area (Å²) in [5.74, 6) is 0.670. The minimum Gasteiger partial charge on any atom is -0.487 e. The fraction of sp³-hybridized carbons (Fsp3) is 0.294. The van der Waals surface area contributed by atoms with Crippen molar-refractivity contribution in [3.8, 4) is 5.75 Å². The minimum absolute atomic E-state index is 0.151. The van der Waals surface area contributed by atoms with E-state index in [1.807, 2.05) is 13.0 Å². The van der Waals surface area contributed by atoms with Gasteiger partial charge in [-0.2, -0.15) is 4.31 Å². The molecule has 1 atom stereocenters. The van der Waals surface area contributed by atoms with Gasteiger partial charge in [-0.15, -0.1) is 0 Å². The van der Waals surface area contributed by atoms with E-state index in [1.165, 1.54) is 16.4 Å². The van der Waals surface area contributed by atoms with E-state index in [-0.39, 0.29) is 23.2 Å². The van der Waals surface area contributed by atoms with E-state index in [1.54, 1.807) is 18.3 Å². The Balaban J connectivity index is 1.54. The molecule has 0 saturated carbocycles. The largest absolute Gasteiger partial charge is 0.487 e. The van der Waals surface area contributed by atoms with Gasteiger partial charge in [-0.3, -0.25) is 4.98 Å². The van der Waals surface area contributed by atoms with Crippen LogP contribution in [0, 0.1) is 6.92 Å². The molecule has 0 spiro atoms. The fourth-order valence-corrected chi connectivity index (χ4v) is 4.62. The predicted molar refractivity (Wildman–Crippen MR) is 95.7 cm³/mol. The third-order valence-electron chi connectivity index (χ3n) is 4.49. The maximum atomic E-state index is 12.9. The lowest BCUT2D eigenvalue weighted by molar-refractivity contribution is 0.213. The second kappa shape index (κ2) is 6.26. The van der Waals surface area contributed by atoms with Crippen molar-refractivity contribution < 1.29 is 13.2 Å². The van der Waals surface area contributed by atoms with Crippen LogP contribution in [0.25, 0.3) is 11.0 Å². The molecule has 1 aromatic carbocycles. The molecule has 8 nitrogen and oxygen atoms in total. The molecule has 0 unspecified atom stereocenters. The predicted octanol–water partition coefficient (Wildman–Crippen LogP) is 1.40. The number of nitrogens with one attached hydrogen (secondary N) is 2. The van der Waals surface area contributed by atoms with Crippen molar-refractivity contribution in [1.29, 1.82) is 0 Å². The summed E-state index contributed by atoms with van der Waals surface area (Å²) >= 11 is 0. The molecule has 0 amide bonds. The number of imidazole rings is 1. The second-order valence-corrected chi connectivity index (χ2v) is 8.20. The smallest absolute Gasteiger partial charge is 0.323 e. The molecular formula is C17H18N4O4S. The van der Waals surface area contributed by atoms with Crippen LogP contribution in [-0.4, -0.2) is 46.9 Å². The lowest BCUT2D eigenvalue weighted by Gasteiger charge is -2.18. The van der Waals surface area contributed by atoms with E-state index < -0.39 is 10.0 Å². The van der Waals surface area contributed by atoms with Crippen LogP contribution < -0.4 is 10.4 Å². The molecule has 136 valence electrons. The molecule has 3 heterocycles. The number of sulfonamides is 1. The standard InChI is InChI=1S/C17H18N4O4S/c1-11-16(3-2-7-18-11)25-12-6-8-21(10-12)26(23,24)13-4-5-14-15(9-13)20-17(22)19-14/h2-5,7,9,12H,6,8,10H2,1H3,(H2,19,20,22)/t12-/m0/s1. The van der Waals surface area contributed by atoms with Crippen LogP contribution >= 0.6 is 0 Å². The fourth-order valence-electron chi connectivity index (χ4n) is 3.11. The van der Waals surface area contributed by atoms with Crippen LogP contribution in [0.3, 0.4) is 0 Å². The Hall–Kier alpha value is -2.65. The number of hydrogen-bond acceptors (Lipinski definition) is 5. The number of nitrogens with zero attached hydrogens (tertiary/aromatic N) is 2. The first kappa shape index (κ1) is 16.8. The zero-order valence-electron chi connectivity index (χ0n) is 14.1. The molecule has 0 aliphatic carbocycles. The third-order valence-corrected chi connectivity index (χ3v) is 6.35. The van der Waals surface area contributed by atoms with Gasteiger partial charge in [-0.05, 0) is 43.7 Å². The van der Waals surface area contributed by atoms with Crippen molar-refractivity contribution in [3.05, 3.63) is 52.7 Å². The van der Waals surface area contributed by atoms with E-state index in [0.717, 1.165) is 5.69 Å². The van der Waals surface area contributed by atoms with Gasteiger partial charge in [0.05, 0.1) is 28.2 Å². The van der Waals surface area contributed by atoms with Crippen molar-refractivity contribution in [3.63, 3.8) is 0 Å². The van der Waals surface area contributed by atoms with E-state index in [0.29, 0.717) is 29.7 Å². The average Bonchev–Trinajstić information content (AvgIpc) is 3.22. The lowest BCUT2D eigenvalue weighted by Crippen LogP contribution is -2.31. The Labute approximate surface area is 149 Å². The van der Waals surface area contributed by atoms with Gasteiger partial charge in [-0.25, -0.2) is 13.2 Å². The Morgan fingerprint density at radius 1 is 1.23 bits per heavy atom. The first-order valence-corrected chi connectivity index (χ1v) is 9.68. The second-order valence-electron chi connectivity index (χ2n) is 6.27. The summed E-state index contributed by atoms with van der Waals surface area (Å²) in [5, 5.41) is 0. The molecule has 2 N–H and O–H groups in total. The van der Waals surface area contributed by atoms with Gasteiger partial charge in [0.2, 0.25) is 10.0 Å². The van der Waals surface area contributed by atoms with Gasteiger partial charge < -0.3 is 14.7 Å². The topological polar surface area (TPSA) is 108 Å². The maximum Gasteiger partial charge on any atom is 0.323 e. The summed E-state index contributed by atoms with van der Waals surface area (Å²) in [6, 6.07) is 8.18. The molecule has 1 aliphatic heterocycles. The van der Waals surface area contributed by atoms with Crippen LogP contribution in [0.15, 0.2) is 46.2 Å². The summed E-state index contributed by atoms with van der Waals surface area (Å²) in [5.41, 5.74) is 1.45. The van der Waals surface area contributed by atoms with Gasteiger partial charge in [0.15, 0.2) is 0 Å². The summed E-state index contributed by atoms with van der Waals surface area (Å²) in [6.45, 7) is 2.51. The number of pyridine rings is 1. The molecule has 0 bridgehead atoms. The molecule has 9 heteroatoms. The average molecular weight is 374 g/mol. The van der Waals surface area contributed by atoms with Crippen LogP contribution in [0.2, 0.25) is 0 Å². The number of ether oxygens (including phenoxy) is 1. The van der Waals surface area contributed by atoms with E-state index in [2.05, 4.69) is 15.0 Å². The molecule has 26 heavy (non-hydrogen) atoms. The van der Waals surface area contributed by atoms with Crippen LogP contribution in [0.4, 0.5) is 0 Å². The lowest BCUT2D eigenvalue weighted by atomic mass is 10.3. The van der Waals surface area contributed by atoms with Gasteiger partial charge in [-0.1, -0.05) is 0 Å². The first-order chi connectivity index (χ1) is 12.4. The SMILES string of the molecule is Cc1ncccc1O[C@H]1CCN(S(=O)(=O)c2ccc3[nH]c(=O)[nH]c3c2)C1. The first-order valence-electron chi connectivity index (χ1n) is 8.24. The van der Waals surface area contributed by atoms with Crippen molar-refractivity contribution in [2.45, 2.75) is 24.3 Å². The number of aromatic nitrogens is 3. The molecule has 1 saturated heterocycles. The normalized spacial score (nSPS) is 18.4. The molecule has 2 aromatic heterocycles. The highest BCUT2D eigenvalue weighted by Gasteiger charge is 2.34. The summed E-state index contributed by atoms with van der Waals surface area (Å²) in [7, 11) is -3.65. The van der Waals surface area contributed by atoms with Gasteiger partial charge in [0.1, 0.15) is 11.9 Å². The maximum absolute atomic E-state index is 12.9. The van der Waals surface area contributed by atoms with E-state index >= 15 is 0 Å². The molecular weight excluding hydrogens is 356 g/mol. The van der Waals surface area contributed by atoms with E-state index in [4.69, 9.17) is 4.74 Å². The highest BCUT2D eigenvalue weighted by atomic mass is 32.2. The van der Waals surface area contributed by atoms with Crippen LogP contribution in [0.1, 0.15) is 12.1 Å². The monoisotopic (exact) mass is 374 g/mol. The highest BCUT2D eigenvalue weighted by molar-refractivity contribution is 7.89. The quantitative estimate of drug-likeness (QED) is 0.718. The summed E-state index contributed by atoms with van der Waals surface area (Å²) < 4.78 is 33.1. The molecule has 0 radical (unpaired) electrons. The van der Waals surface area contributed by atoms with E-state index in [9.17, 15) is 13.2 Å². The number of benzene rings is 1. The molecule has 1 fully saturated rings. The Morgan fingerprint density at radius 3 is 2.85 bits per heavy atom. The zero-order chi connectivity index (χ0) is 18.3. The minimum atomic E-state index is -3.65. The number of aromatic amines is 2. The number of hydrogen-bond donors (Lipinski definition) is 2. The zero-order valence-corrected chi connectivity index (χ0v) is 14.9. The van der Waals surface area contributed by atoms with Crippen molar-refractivity contribution in [2.24, 2.45) is 0 Å². The van der Waals surface area contributed by atoms with Crippen molar-refractivity contribution >= 4 is 21.1 Å². The Bertz CT molecular complexity index is 1120. The molecule has 1 aliphatic rings. The summed E-state index contributed by atoms with van der Waals surface area (Å²) in [6.07, 6.45) is 2.08. The van der Waals surface area contributed by atoms with Crippen molar-refractivity contribution in [2.75, 3.05) is 13.1 Å². The summed E-state index contributed by atoms with van der Waals surface area (Å²) in [4.78, 5) is 20.9. The molecule has 4 rings (SSSR count). The number of H-pyrrole nitrogens is 2. The Morgan fingerprint density at radius 2 is 2.04 bits per heavy atom. The van der Waals surface area contributed by atoms with Gasteiger partial charge in [0, 0.05) is 12.7 Å². The highest BCUT2D eigenvalue weighted by Crippen LogP contribution is 2.26. The van der Waals surface area contributed by atoms with Gasteiger partial charge in [0.25, 0.3) is 0 Å². The van der Waals surface area contributed by atoms with Crippen molar-refractivity contribution in [1.82, 2.24) is 19.3 Å². The third kappa shape index (κ3) is 2.99. The van der Waals surface area contributed by atoms with Crippen LogP contribution in [0.5, 0.6) is 5.75 Å². The number of aryl methyl sites for hydroxylation is 1. The Kier molecular flexibility index (Phi) is 4.04. The molecule has 3 aromatic rings. The number of rotatable bonds is 4. The van der Waals surface area contributed by atoms with Crippen LogP contribution in [-0.2, 0) is 10.0 Å². The van der Waals surface area contributed by atoms with Gasteiger partial charge >= 0.3 is 5.69 Å². The number of fused-ring (bicyclic) bond motifs is 1.